The number of rotatable bonds is 4. The van der Waals surface area contributed by atoms with Crippen LogP contribution in [0, 0.1) is 0 Å². The number of carbonyl (C=O) groups is 2. The molecule has 0 fully saturated rings. The molecule has 1 N–H and O–H groups in total. The zero-order valence-corrected chi connectivity index (χ0v) is 24.9. The van der Waals surface area contributed by atoms with Crippen molar-refractivity contribution in [2.24, 2.45) is 0 Å². The average Bonchev–Trinajstić information content (AvgIpc) is 3.61. The second-order valence-electron chi connectivity index (χ2n) is 12.3. The maximum atomic E-state index is 13.2. The van der Waals surface area contributed by atoms with Crippen molar-refractivity contribution in [2.45, 2.75) is 19.3 Å². The zero-order valence-electron chi connectivity index (χ0n) is 24.9. The summed E-state index contributed by atoms with van der Waals surface area (Å²) in [4.78, 5) is 25.3. The lowest BCUT2D eigenvalue weighted by atomic mass is 9.69. The molecule has 4 aliphatic rings. The van der Waals surface area contributed by atoms with E-state index in [-0.39, 0.29) is 11.2 Å². The lowest BCUT2D eigenvalue weighted by molar-refractivity contribution is 0.103. The molecule has 0 atom stereocenters. The van der Waals surface area contributed by atoms with E-state index in [1.807, 2.05) is 60.7 Å². The number of carboxylic acid groups (broad SMARTS) is 1. The van der Waals surface area contributed by atoms with Crippen molar-refractivity contribution in [3.05, 3.63) is 160 Å². The van der Waals surface area contributed by atoms with Crippen molar-refractivity contribution >= 4 is 29.6 Å². The number of benzene rings is 4. The molecule has 0 radical (unpaired) electrons. The van der Waals surface area contributed by atoms with Gasteiger partial charge in [0.05, 0.1) is 0 Å². The summed E-state index contributed by atoms with van der Waals surface area (Å²) < 4.78 is 1.24. The Morgan fingerprint density at radius 3 is 2.18 bits per heavy atom. The largest absolute Gasteiger partial charge is 0.464 e. The molecule has 216 valence electrons. The molecule has 4 heteroatoms. The lowest BCUT2D eigenvalue weighted by Gasteiger charge is -2.33. The second kappa shape index (κ2) is 9.90. The molecular formula is C41H29NO3. The minimum atomic E-state index is -1.02. The molecular weight excluding hydrogens is 554 g/mol. The van der Waals surface area contributed by atoms with Crippen LogP contribution in [0.4, 0.5) is 4.79 Å². The van der Waals surface area contributed by atoms with E-state index in [9.17, 15) is 14.7 Å². The van der Waals surface area contributed by atoms with Crippen molar-refractivity contribution in [2.75, 3.05) is 0 Å². The number of hydrogen-bond donors (Lipinski definition) is 1. The Labute approximate surface area is 260 Å². The minimum absolute atomic E-state index is 0.00819. The molecule has 0 aromatic heterocycles. The van der Waals surface area contributed by atoms with Gasteiger partial charge in [-0.25, -0.2) is 4.79 Å². The van der Waals surface area contributed by atoms with Gasteiger partial charge in [-0.05, 0) is 90.9 Å². The monoisotopic (exact) mass is 583 g/mol. The van der Waals surface area contributed by atoms with E-state index in [2.05, 4.69) is 74.5 Å². The fraction of sp³-hybridized carbons (Fsp3) is 0.0732. The highest BCUT2D eigenvalue weighted by atomic mass is 16.4. The van der Waals surface area contributed by atoms with Gasteiger partial charge < -0.3 is 5.11 Å². The Morgan fingerprint density at radius 1 is 0.689 bits per heavy atom. The summed E-state index contributed by atoms with van der Waals surface area (Å²) in [6.45, 7) is 4.49. The van der Waals surface area contributed by atoms with E-state index in [0.717, 1.165) is 44.5 Å². The standard InChI is InChI=1S/C41H29NO3/c1-41(2)37-31(22-28-12-6-7-17-32(28)37)23-34-36(33-18-19-42(40(44)45)24-35(33)38(34)41)29-15-8-13-26(20-29)27-14-9-16-30(21-27)39(43)25-10-4-3-5-11-25/h3-24H,1-2H3,(H,44,45). The summed E-state index contributed by atoms with van der Waals surface area (Å²) in [6.07, 6.45) is 6.91. The Morgan fingerprint density at radius 2 is 1.38 bits per heavy atom. The van der Waals surface area contributed by atoms with Gasteiger partial charge in [0, 0.05) is 34.5 Å². The molecule has 1 aliphatic heterocycles. The van der Waals surface area contributed by atoms with Gasteiger partial charge in [-0.2, -0.15) is 0 Å². The molecule has 4 nitrogen and oxygen atoms in total. The first-order valence-electron chi connectivity index (χ1n) is 15.1. The van der Waals surface area contributed by atoms with Crippen molar-refractivity contribution in [1.82, 2.24) is 4.57 Å². The van der Waals surface area contributed by atoms with Crippen LogP contribution in [0.15, 0.2) is 127 Å². The average molecular weight is 584 g/mol. The fourth-order valence-corrected chi connectivity index (χ4v) is 7.36. The highest BCUT2D eigenvalue weighted by Gasteiger charge is 2.41. The van der Waals surface area contributed by atoms with E-state index < -0.39 is 6.09 Å². The fourth-order valence-electron chi connectivity index (χ4n) is 7.36. The van der Waals surface area contributed by atoms with Gasteiger partial charge in [0.25, 0.3) is 0 Å². The summed E-state index contributed by atoms with van der Waals surface area (Å²) in [5.74, 6) is -0.00819. The third kappa shape index (κ3) is 4.14. The normalized spacial score (nSPS) is 14.3. The van der Waals surface area contributed by atoms with E-state index in [1.54, 1.807) is 12.4 Å². The highest BCUT2D eigenvalue weighted by molar-refractivity contribution is 6.10. The molecule has 0 bridgehead atoms. The smallest absolute Gasteiger partial charge is 0.415 e. The summed E-state index contributed by atoms with van der Waals surface area (Å²) in [5, 5.41) is 12.3. The number of allylic oxidation sites excluding steroid dienone is 1. The summed E-state index contributed by atoms with van der Waals surface area (Å²) in [7, 11) is 0. The summed E-state index contributed by atoms with van der Waals surface area (Å²) in [5.41, 5.74) is 11.7. The van der Waals surface area contributed by atoms with Gasteiger partial charge >= 0.3 is 6.09 Å². The third-order valence-corrected chi connectivity index (χ3v) is 9.28. The Hall–Kier alpha value is -5.74. The highest BCUT2D eigenvalue weighted by Crippen LogP contribution is 2.55. The van der Waals surface area contributed by atoms with E-state index in [0.29, 0.717) is 11.1 Å². The van der Waals surface area contributed by atoms with Crippen LogP contribution in [0.25, 0.3) is 51.1 Å². The molecule has 0 amide bonds. The number of nitrogens with zero attached hydrogens (tertiary/aromatic N) is 1. The van der Waals surface area contributed by atoms with Crippen molar-refractivity contribution in [1.29, 1.82) is 0 Å². The quantitative estimate of drug-likeness (QED) is 0.214. The van der Waals surface area contributed by atoms with Crippen molar-refractivity contribution < 1.29 is 14.7 Å². The van der Waals surface area contributed by atoms with Gasteiger partial charge in [0.15, 0.2) is 5.78 Å². The van der Waals surface area contributed by atoms with Crippen LogP contribution in [0.3, 0.4) is 0 Å². The predicted molar refractivity (Wildman–Crippen MR) is 180 cm³/mol. The van der Waals surface area contributed by atoms with Gasteiger partial charge in [-0.15, -0.1) is 0 Å². The maximum Gasteiger partial charge on any atom is 0.415 e. The molecule has 1 heterocycles. The van der Waals surface area contributed by atoms with Gasteiger partial charge in [0.2, 0.25) is 0 Å². The maximum absolute atomic E-state index is 13.2. The summed E-state index contributed by atoms with van der Waals surface area (Å²) >= 11 is 0. The topological polar surface area (TPSA) is 59.3 Å². The van der Waals surface area contributed by atoms with Gasteiger partial charge in [-0.1, -0.05) is 105 Å². The number of aromatic nitrogens is 1. The number of hydrogen-bond acceptors (Lipinski definition) is 2. The Kier molecular flexibility index (Phi) is 5.91. The molecule has 3 aliphatic carbocycles. The Bertz CT molecular complexity index is 2340. The molecule has 4 aromatic carbocycles. The van der Waals surface area contributed by atoms with Crippen LogP contribution < -0.4 is 10.4 Å². The molecule has 0 unspecified atom stereocenters. The van der Waals surface area contributed by atoms with E-state index >= 15 is 0 Å². The van der Waals surface area contributed by atoms with Gasteiger partial charge in [-0.3, -0.25) is 9.36 Å². The molecule has 0 saturated heterocycles. The van der Waals surface area contributed by atoms with Crippen molar-refractivity contribution in [3.8, 4) is 33.4 Å². The van der Waals surface area contributed by atoms with Crippen LogP contribution in [-0.4, -0.2) is 21.6 Å². The van der Waals surface area contributed by atoms with Crippen LogP contribution in [0.1, 0.15) is 40.9 Å². The van der Waals surface area contributed by atoms with Crippen LogP contribution in [0.2, 0.25) is 0 Å². The predicted octanol–water partition coefficient (Wildman–Crippen LogP) is 8.00. The van der Waals surface area contributed by atoms with Gasteiger partial charge in [0.1, 0.15) is 0 Å². The van der Waals surface area contributed by atoms with Crippen LogP contribution >= 0.6 is 0 Å². The lowest BCUT2D eigenvalue weighted by Crippen LogP contribution is -2.31. The minimum Gasteiger partial charge on any atom is -0.464 e. The van der Waals surface area contributed by atoms with Crippen LogP contribution in [-0.2, 0) is 5.41 Å². The first-order valence-corrected chi connectivity index (χ1v) is 15.1. The molecule has 0 saturated carbocycles. The van der Waals surface area contributed by atoms with E-state index in [4.69, 9.17) is 0 Å². The number of carbonyl (C=O) groups excluding carboxylic acids is 1. The first-order chi connectivity index (χ1) is 21.8. The molecule has 4 aromatic rings. The zero-order chi connectivity index (χ0) is 30.9. The molecule has 8 rings (SSSR count). The second-order valence-corrected chi connectivity index (χ2v) is 12.3. The third-order valence-electron chi connectivity index (χ3n) is 9.28. The first kappa shape index (κ1) is 26.9. The summed E-state index contributed by atoms with van der Waals surface area (Å²) in [6, 6.07) is 36.0. The van der Waals surface area contributed by atoms with Crippen LogP contribution in [0.5, 0.6) is 0 Å². The van der Waals surface area contributed by atoms with E-state index in [1.165, 1.54) is 26.2 Å². The Balaban J connectivity index is 1.33. The SMILES string of the molecule is CC1(C)C2=c3ccccc3=CC2=Cc2c(-c3cccc(-c4cccc(C(=O)c5ccccc5)c4)c3)c3ccn(C(=O)O)cc-3c21. The number of pyridine rings is 1. The number of ketones is 1. The molecule has 0 spiro atoms. The molecule has 45 heavy (non-hydrogen) atoms. The number of fused-ring (bicyclic) bond motifs is 5. The van der Waals surface area contributed by atoms with Crippen molar-refractivity contribution in [3.63, 3.8) is 0 Å².